The molecule has 7 nitrogen and oxygen atoms in total. The van der Waals surface area contributed by atoms with E-state index in [1.807, 2.05) is 0 Å². The Morgan fingerprint density at radius 2 is 1.90 bits per heavy atom. The van der Waals surface area contributed by atoms with Gasteiger partial charge in [-0.3, -0.25) is 9.36 Å². The van der Waals surface area contributed by atoms with Crippen LogP contribution < -0.4 is 16.0 Å². The first kappa shape index (κ1) is 21.4. The van der Waals surface area contributed by atoms with Gasteiger partial charge in [0.05, 0.1) is 6.54 Å². The van der Waals surface area contributed by atoms with Crippen LogP contribution in [0.4, 0.5) is 13.6 Å². The smallest absolute Gasteiger partial charge is 0.404 e. The van der Waals surface area contributed by atoms with Crippen molar-refractivity contribution in [2.45, 2.75) is 19.8 Å². The summed E-state index contributed by atoms with van der Waals surface area (Å²) in [6.45, 7) is 0.0114. The van der Waals surface area contributed by atoms with E-state index in [1.54, 1.807) is 24.3 Å². The summed E-state index contributed by atoms with van der Waals surface area (Å²) in [4.78, 5) is 27.4. The van der Waals surface area contributed by atoms with Crippen LogP contribution in [0.15, 0.2) is 58.1 Å². The van der Waals surface area contributed by atoms with Crippen LogP contribution in [0.1, 0.15) is 16.7 Å². The lowest BCUT2D eigenvalue weighted by atomic mass is 10.1. The normalized spacial score (nSPS) is 10.6. The lowest BCUT2D eigenvalue weighted by Crippen LogP contribution is -2.22. The lowest BCUT2D eigenvalue weighted by Gasteiger charge is -2.11. The van der Waals surface area contributed by atoms with Gasteiger partial charge in [0.15, 0.2) is 0 Å². The summed E-state index contributed by atoms with van der Waals surface area (Å²) in [5.41, 5.74) is 6.18. The van der Waals surface area contributed by atoms with Crippen molar-refractivity contribution in [1.82, 2.24) is 9.55 Å². The number of nitrogens with two attached hydrogens (primary N) is 1. The number of amides is 1. The Bertz CT molecular complexity index is 1140. The quantitative estimate of drug-likeness (QED) is 0.559. The molecule has 0 unspecified atom stereocenters. The van der Waals surface area contributed by atoms with Crippen molar-refractivity contribution in [3.05, 3.63) is 91.9 Å². The van der Waals surface area contributed by atoms with Crippen molar-refractivity contribution >= 4 is 22.0 Å². The number of aromatic nitrogens is 2. The molecule has 0 aliphatic carbocycles. The number of halogens is 3. The van der Waals surface area contributed by atoms with Gasteiger partial charge in [0.25, 0.3) is 5.56 Å². The van der Waals surface area contributed by atoms with Crippen molar-refractivity contribution < 1.29 is 23.0 Å². The summed E-state index contributed by atoms with van der Waals surface area (Å²) in [5, 5.41) is 0. The highest BCUT2D eigenvalue weighted by Gasteiger charge is 2.13. The average molecular weight is 480 g/mol. The van der Waals surface area contributed by atoms with Gasteiger partial charge < -0.3 is 15.2 Å². The third kappa shape index (κ3) is 5.41. The molecule has 30 heavy (non-hydrogen) atoms. The van der Waals surface area contributed by atoms with E-state index in [2.05, 4.69) is 20.9 Å². The third-order valence-corrected chi connectivity index (χ3v) is 4.73. The highest BCUT2D eigenvalue weighted by molar-refractivity contribution is 9.10. The Hall–Kier alpha value is -3.27. The first-order chi connectivity index (χ1) is 14.3. The first-order valence-electron chi connectivity index (χ1n) is 8.65. The third-order valence-electron chi connectivity index (χ3n) is 4.06. The second-order valence-electron chi connectivity index (χ2n) is 6.25. The summed E-state index contributed by atoms with van der Waals surface area (Å²) in [6, 6.07) is 10.2. The molecule has 0 aliphatic heterocycles. The van der Waals surface area contributed by atoms with Crippen molar-refractivity contribution in [1.29, 1.82) is 0 Å². The number of benzene rings is 2. The number of ether oxygens (including phenoxy) is 2. The van der Waals surface area contributed by atoms with Gasteiger partial charge in [0.2, 0.25) is 5.88 Å². The molecule has 0 radical (unpaired) electrons. The van der Waals surface area contributed by atoms with Gasteiger partial charge in [-0.1, -0.05) is 24.3 Å². The Morgan fingerprint density at radius 3 is 2.63 bits per heavy atom. The van der Waals surface area contributed by atoms with Crippen LogP contribution in [-0.4, -0.2) is 15.6 Å². The van der Waals surface area contributed by atoms with E-state index in [0.717, 1.165) is 17.7 Å². The second-order valence-corrected chi connectivity index (χ2v) is 7.04. The van der Waals surface area contributed by atoms with Gasteiger partial charge in [-0.25, -0.2) is 18.6 Å². The van der Waals surface area contributed by atoms with Crippen LogP contribution in [0.2, 0.25) is 0 Å². The number of nitrogens with zero attached hydrogens (tertiary/aromatic N) is 2. The summed E-state index contributed by atoms with van der Waals surface area (Å²) in [6.07, 6.45) is 0.427. The minimum absolute atomic E-state index is 0.0106. The second kappa shape index (κ2) is 9.49. The zero-order valence-corrected chi connectivity index (χ0v) is 17.1. The summed E-state index contributed by atoms with van der Waals surface area (Å²) < 4.78 is 38.3. The van der Waals surface area contributed by atoms with Crippen molar-refractivity contribution in [2.75, 3.05) is 0 Å². The van der Waals surface area contributed by atoms with Crippen LogP contribution in [0, 0.1) is 11.6 Å². The number of primary amides is 1. The molecule has 10 heteroatoms. The van der Waals surface area contributed by atoms with Gasteiger partial charge in [0, 0.05) is 11.6 Å². The first-order valence-corrected chi connectivity index (χ1v) is 9.44. The SMILES string of the molecule is NC(=O)OCc1cccc(Cn2cnc(OCc3ccc(F)cc3F)c(Br)c2=O)c1. The molecule has 1 aromatic heterocycles. The monoisotopic (exact) mass is 479 g/mol. The molecule has 3 aromatic rings. The number of carbonyl (C=O) groups is 1. The molecule has 2 aromatic carbocycles. The largest absolute Gasteiger partial charge is 0.472 e. The Kier molecular flexibility index (Phi) is 6.78. The van der Waals surface area contributed by atoms with Crippen LogP contribution in [-0.2, 0) is 24.5 Å². The van der Waals surface area contributed by atoms with Crippen molar-refractivity contribution in [3.63, 3.8) is 0 Å². The van der Waals surface area contributed by atoms with E-state index in [1.165, 1.54) is 17.0 Å². The standard InChI is InChI=1S/C20H16BrF2N3O4/c21-17-18(29-10-14-4-5-15(22)7-16(14)23)25-11-26(19(17)27)8-12-2-1-3-13(6-12)9-30-20(24)28/h1-7,11H,8-10H2,(H2,24,28). The van der Waals surface area contributed by atoms with Crippen LogP contribution in [0.5, 0.6) is 5.88 Å². The van der Waals surface area contributed by atoms with E-state index in [0.29, 0.717) is 5.56 Å². The maximum Gasteiger partial charge on any atom is 0.404 e. The van der Waals surface area contributed by atoms with Gasteiger partial charge in [-0.05, 0) is 39.2 Å². The molecular weight excluding hydrogens is 464 g/mol. The fourth-order valence-corrected chi connectivity index (χ4v) is 3.06. The number of rotatable bonds is 7. The van der Waals surface area contributed by atoms with Gasteiger partial charge in [-0.15, -0.1) is 0 Å². The average Bonchev–Trinajstić information content (AvgIpc) is 2.71. The maximum atomic E-state index is 13.7. The summed E-state index contributed by atoms with van der Waals surface area (Å²) >= 11 is 3.16. The minimum Gasteiger partial charge on any atom is -0.472 e. The van der Waals surface area contributed by atoms with Crippen molar-refractivity contribution in [2.24, 2.45) is 5.73 Å². The maximum absolute atomic E-state index is 13.7. The number of hydrogen-bond acceptors (Lipinski definition) is 5. The van der Waals surface area contributed by atoms with E-state index >= 15 is 0 Å². The van der Waals surface area contributed by atoms with E-state index in [9.17, 15) is 18.4 Å². The topological polar surface area (TPSA) is 96.4 Å². The van der Waals surface area contributed by atoms with E-state index in [4.69, 9.17) is 15.2 Å². The summed E-state index contributed by atoms with van der Waals surface area (Å²) in [5.74, 6) is -1.45. The zero-order chi connectivity index (χ0) is 21.7. The van der Waals surface area contributed by atoms with E-state index in [-0.39, 0.29) is 35.7 Å². The van der Waals surface area contributed by atoms with Crippen LogP contribution in [0.25, 0.3) is 0 Å². The lowest BCUT2D eigenvalue weighted by molar-refractivity contribution is 0.150. The zero-order valence-electron chi connectivity index (χ0n) is 15.5. The minimum atomic E-state index is -0.874. The molecular formula is C20H16BrF2N3O4. The molecule has 0 saturated heterocycles. The molecule has 0 saturated carbocycles. The molecule has 2 N–H and O–H groups in total. The molecule has 0 bridgehead atoms. The molecule has 0 aliphatic rings. The van der Waals surface area contributed by atoms with E-state index < -0.39 is 23.3 Å². The fourth-order valence-electron chi connectivity index (χ4n) is 2.62. The molecule has 3 rings (SSSR count). The number of carbonyl (C=O) groups excluding carboxylic acids is 1. The van der Waals surface area contributed by atoms with Gasteiger partial charge >= 0.3 is 6.09 Å². The molecule has 0 spiro atoms. The van der Waals surface area contributed by atoms with Crippen LogP contribution >= 0.6 is 15.9 Å². The predicted molar refractivity (Wildman–Crippen MR) is 107 cm³/mol. The number of hydrogen-bond donors (Lipinski definition) is 1. The molecule has 1 amide bonds. The molecule has 1 heterocycles. The molecule has 0 fully saturated rings. The highest BCUT2D eigenvalue weighted by atomic mass is 79.9. The Balaban J connectivity index is 1.72. The summed E-state index contributed by atoms with van der Waals surface area (Å²) in [7, 11) is 0. The van der Waals surface area contributed by atoms with Gasteiger partial charge in [-0.2, -0.15) is 0 Å². The Morgan fingerprint density at radius 1 is 1.13 bits per heavy atom. The molecule has 0 atom stereocenters. The predicted octanol–water partition coefficient (Wildman–Crippen LogP) is 3.51. The Labute approximate surface area is 178 Å². The fraction of sp³-hybridized carbons (Fsp3) is 0.150. The van der Waals surface area contributed by atoms with Gasteiger partial charge in [0.1, 0.15) is 35.6 Å². The highest BCUT2D eigenvalue weighted by Crippen LogP contribution is 2.20. The van der Waals surface area contributed by atoms with Crippen LogP contribution in [0.3, 0.4) is 0 Å². The molecule has 156 valence electrons. The van der Waals surface area contributed by atoms with Crippen molar-refractivity contribution in [3.8, 4) is 5.88 Å².